The molecule has 1 N–H and O–H groups in total. The van der Waals surface area contributed by atoms with E-state index in [1.54, 1.807) is 0 Å². The quantitative estimate of drug-likeness (QED) is 0.491. The van der Waals surface area contributed by atoms with Crippen LogP contribution in [0.3, 0.4) is 0 Å². The van der Waals surface area contributed by atoms with Crippen LogP contribution in [-0.4, -0.2) is 51.6 Å². The zero-order valence-electron chi connectivity index (χ0n) is 15.5. The Bertz CT molecular complexity index is 716. The molecule has 0 saturated heterocycles. The van der Waals surface area contributed by atoms with Crippen molar-refractivity contribution in [3.63, 3.8) is 0 Å². The first kappa shape index (κ1) is 19.5. The summed E-state index contributed by atoms with van der Waals surface area (Å²) in [6.45, 7) is 3.43. The van der Waals surface area contributed by atoms with Crippen molar-refractivity contribution >= 4 is 17.7 Å². The van der Waals surface area contributed by atoms with E-state index < -0.39 is 0 Å². The smallest absolute Gasteiger partial charge is 0.230 e. The molecular formula is C18H25N5O3S. The van der Waals surface area contributed by atoms with Crippen LogP contribution in [0.2, 0.25) is 0 Å². The second-order valence-corrected chi connectivity index (χ2v) is 7.18. The van der Waals surface area contributed by atoms with E-state index in [0.29, 0.717) is 31.0 Å². The molecule has 0 radical (unpaired) electrons. The molecule has 0 aliphatic heterocycles. The van der Waals surface area contributed by atoms with Gasteiger partial charge in [-0.05, 0) is 54.5 Å². The van der Waals surface area contributed by atoms with Gasteiger partial charge in [-0.15, -0.1) is 5.10 Å². The van der Waals surface area contributed by atoms with Crippen LogP contribution in [0.4, 0.5) is 0 Å². The van der Waals surface area contributed by atoms with Crippen LogP contribution in [0.25, 0.3) is 0 Å². The number of ether oxygens (including phenoxy) is 2. The lowest BCUT2D eigenvalue weighted by atomic mass is 10.3. The highest BCUT2D eigenvalue weighted by atomic mass is 32.2. The average Bonchev–Trinajstić information content (AvgIpc) is 3.36. The lowest BCUT2D eigenvalue weighted by molar-refractivity contribution is -0.118. The molecule has 1 aliphatic carbocycles. The third kappa shape index (κ3) is 5.85. The van der Waals surface area contributed by atoms with Gasteiger partial charge in [0.15, 0.2) is 0 Å². The van der Waals surface area contributed by atoms with Crippen LogP contribution >= 0.6 is 11.8 Å². The zero-order chi connectivity index (χ0) is 18.9. The molecule has 1 saturated carbocycles. The number of tetrazole rings is 1. The lowest BCUT2D eigenvalue weighted by Gasteiger charge is -2.11. The van der Waals surface area contributed by atoms with Crippen molar-refractivity contribution in [1.82, 2.24) is 25.5 Å². The Morgan fingerprint density at radius 2 is 1.93 bits per heavy atom. The monoisotopic (exact) mass is 391 g/mol. The molecule has 1 fully saturated rings. The zero-order valence-corrected chi connectivity index (χ0v) is 16.3. The Kier molecular flexibility index (Phi) is 7.32. The van der Waals surface area contributed by atoms with Crippen molar-refractivity contribution in [2.45, 2.75) is 43.8 Å². The van der Waals surface area contributed by atoms with E-state index in [0.717, 1.165) is 24.3 Å². The lowest BCUT2D eigenvalue weighted by Crippen LogP contribution is -2.29. The summed E-state index contributed by atoms with van der Waals surface area (Å²) in [4.78, 5) is 12.0. The predicted molar refractivity (Wildman–Crippen MR) is 102 cm³/mol. The first-order valence-corrected chi connectivity index (χ1v) is 10.3. The molecule has 1 aromatic heterocycles. The molecule has 27 heavy (non-hydrogen) atoms. The third-order valence-electron chi connectivity index (χ3n) is 4.29. The van der Waals surface area contributed by atoms with Gasteiger partial charge in [0.05, 0.1) is 24.9 Å². The maximum atomic E-state index is 12.0. The van der Waals surface area contributed by atoms with Gasteiger partial charge in [0.2, 0.25) is 11.1 Å². The van der Waals surface area contributed by atoms with Crippen molar-refractivity contribution in [3.8, 4) is 11.5 Å². The number of hydrogen-bond acceptors (Lipinski definition) is 7. The van der Waals surface area contributed by atoms with Crippen LogP contribution < -0.4 is 14.8 Å². The van der Waals surface area contributed by atoms with E-state index in [1.165, 1.54) is 24.6 Å². The first-order valence-electron chi connectivity index (χ1n) is 9.29. The summed E-state index contributed by atoms with van der Waals surface area (Å²) >= 11 is 1.37. The molecule has 0 unspecified atom stereocenters. The van der Waals surface area contributed by atoms with Crippen LogP contribution in [0, 0.1) is 0 Å². The van der Waals surface area contributed by atoms with Gasteiger partial charge in [0, 0.05) is 0 Å². The minimum absolute atomic E-state index is 0.0590. The van der Waals surface area contributed by atoms with Crippen LogP contribution in [0.5, 0.6) is 11.5 Å². The van der Waals surface area contributed by atoms with Crippen LogP contribution in [0.15, 0.2) is 29.4 Å². The Balaban J connectivity index is 1.34. The molecule has 8 nitrogen and oxygen atoms in total. The number of carbonyl (C=O) groups is 1. The molecule has 2 aromatic rings. The number of carbonyl (C=O) groups excluding carboxylic acids is 1. The fourth-order valence-corrected chi connectivity index (χ4v) is 3.77. The molecule has 1 aliphatic rings. The van der Waals surface area contributed by atoms with Gasteiger partial charge < -0.3 is 14.8 Å². The SMILES string of the molecule is CCOc1ccc(OCCNC(=O)CSc2nnnn2C2CCCC2)cc1. The number of benzene rings is 1. The van der Waals surface area contributed by atoms with Crippen LogP contribution in [-0.2, 0) is 4.79 Å². The Morgan fingerprint density at radius 3 is 2.63 bits per heavy atom. The van der Waals surface area contributed by atoms with E-state index >= 15 is 0 Å². The fourth-order valence-electron chi connectivity index (χ4n) is 3.00. The Hall–Kier alpha value is -2.29. The highest BCUT2D eigenvalue weighted by Crippen LogP contribution is 2.31. The predicted octanol–water partition coefficient (Wildman–Crippen LogP) is 2.47. The number of nitrogens with zero attached hydrogens (tertiary/aromatic N) is 4. The maximum absolute atomic E-state index is 12.0. The standard InChI is InChI=1S/C18H25N5O3S/c1-2-25-15-7-9-16(10-8-15)26-12-11-19-17(24)13-27-18-20-21-22-23(18)14-5-3-4-6-14/h7-10,14H,2-6,11-13H2,1H3,(H,19,24). The summed E-state index contributed by atoms with van der Waals surface area (Å²) in [5, 5.41) is 15.4. The molecule has 0 spiro atoms. The first-order chi connectivity index (χ1) is 13.3. The van der Waals surface area contributed by atoms with E-state index in [4.69, 9.17) is 9.47 Å². The van der Waals surface area contributed by atoms with Gasteiger partial charge in [-0.2, -0.15) is 0 Å². The number of aromatic nitrogens is 4. The Labute approximate surface area is 163 Å². The topological polar surface area (TPSA) is 91.2 Å². The maximum Gasteiger partial charge on any atom is 0.230 e. The number of rotatable bonds is 10. The molecule has 3 rings (SSSR count). The van der Waals surface area contributed by atoms with Gasteiger partial charge in [-0.1, -0.05) is 24.6 Å². The van der Waals surface area contributed by atoms with Crippen molar-refractivity contribution < 1.29 is 14.3 Å². The number of thioether (sulfide) groups is 1. The number of amides is 1. The van der Waals surface area contributed by atoms with Crippen molar-refractivity contribution in [3.05, 3.63) is 24.3 Å². The number of hydrogen-bond donors (Lipinski definition) is 1. The second-order valence-electron chi connectivity index (χ2n) is 6.24. The molecule has 0 atom stereocenters. The van der Waals surface area contributed by atoms with E-state index in [1.807, 2.05) is 35.9 Å². The van der Waals surface area contributed by atoms with Gasteiger partial charge >= 0.3 is 0 Å². The van der Waals surface area contributed by atoms with E-state index in [2.05, 4.69) is 20.8 Å². The molecule has 1 aromatic carbocycles. The minimum Gasteiger partial charge on any atom is -0.494 e. The molecule has 1 heterocycles. The molecule has 0 bridgehead atoms. The van der Waals surface area contributed by atoms with Crippen molar-refractivity contribution in [2.75, 3.05) is 25.5 Å². The third-order valence-corrected chi connectivity index (χ3v) is 5.23. The normalized spacial score (nSPS) is 14.3. The van der Waals surface area contributed by atoms with Crippen LogP contribution in [0.1, 0.15) is 38.6 Å². The largest absolute Gasteiger partial charge is 0.494 e. The second kappa shape index (κ2) is 10.1. The summed E-state index contributed by atoms with van der Waals surface area (Å²) in [7, 11) is 0. The summed E-state index contributed by atoms with van der Waals surface area (Å²) in [5.41, 5.74) is 0. The summed E-state index contributed by atoms with van der Waals surface area (Å²) in [6.07, 6.45) is 4.63. The highest BCUT2D eigenvalue weighted by Gasteiger charge is 2.21. The van der Waals surface area contributed by atoms with Crippen molar-refractivity contribution in [2.24, 2.45) is 0 Å². The molecule has 1 amide bonds. The van der Waals surface area contributed by atoms with Gasteiger partial charge in [-0.25, -0.2) is 4.68 Å². The van der Waals surface area contributed by atoms with E-state index in [-0.39, 0.29) is 11.7 Å². The van der Waals surface area contributed by atoms with Crippen molar-refractivity contribution in [1.29, 1.82) is 0 Å². The van der Waals surface area contributed by atoms with Gasteiger partial charge in [-0.3, -0.25) is 4.79 Å². The van der Waals surface area contributed by atoms with E-state index in [9.17, 15) is 4.79 Å². The molecule has 9 heteroatoms. The highest BCUT2D eigenvalue weighted by molar-refractivity contribution is 7.99. The summed E-state index contributed by atoms with van der Waals surface area (Å²) in [5.74, 6) is 1.79. The average molecular weight is 391 g/mol. The number of nitrogens with one attached hydrogen (secondary N) is 1. The fraction of sp³-hybridized carbons (Fsp3) is 0.556. The summed E-state index contributed by atoms with van der Waals surface area (Å²) < 4.78 is 12.9. The molecule has 146 valence electrons. The summed E-state index contributed by atoms with van der Waals surface area (Å²) in [6, 6.07) is 7.80. The molecular weight excluding hydrogens is 366 g/mol. The van der Waals surface area contributed by atoms with Gasteiger partial charge in [0.25, 0.3) is 0 Å². The minimum atomic E-state index is -0.0590. The Morgan fingerprint density at radius 1 is 1.22 bits per heavy atom. The van der Waals surface area contributed by atoms with Gasteiger partial charge in [0.1, 0.15) is 18.1 Å².